The first kappa shape index (κ1) is 21.1. The fourth-order valence-electron chi connectivity index (χ4n) is 3.17. The number of rotatable bonds is 7. The second kappa shape index (κ2) is 9.76. The molecule has 30 heavy (non-hydrogen) atoms. The van der Waals surface area contributed by atoms with Crippen molar-refractivity contribution in [3.63, 3.8) is 0 Å². The average molecular weight is 423 g/mol. The van der Waals surface area contributed by atoms with E-state index in [9.17, 15) is 4.79 Å². The molecule has 0 aromatic heterocycles. The number of ether oxygens (including phenoxy) is 2. The van der Waals surface area contributed by atoms with Gasteiger partial charge in [-0.2, -0.15) is 5.26 Å². The van der Waals surface area contributed by atoms with Gasteiger partial charge in [0.05, 0.1) is 18.2 Å². The molecule has 1 heterocycles. The largest absolute Gasteiger partial charge is 0.490 e. The summed E-state index contributed by atoms with van der Waals surface area (Å²) in [5.74, 6) is 0.723. The van der Waals surface area contributed by atoms with Crippen molar-refractivity contribution in [2.24, 2.45) is 0 Å². The van der Waals surface area contributed by atoms with Gasteiger partial charge in [0.25, 0.3) is 5.91 Å². The molecule has 154 valence electrons. The topological polar surface area (TPSA) is 95.4 Å². The molecule has 3 N–H and O–H groups in total. The Morgan fingerprint density at radius 3 is 2.67 bits per heavy atom. The maximum absolute atomic E-state index is 13.1. The van der Waals surface area contributed by atoms with Gasteiger partial charge in [-0.15, -0.1) is 0 Å². The fourth-order valence-corrected chi connectivity index (χ4v) is 3.44. The van der Waals surface area contributed by atoms with Gasteiger partial charge in [-0.1, -0.05) is 24.3 Å². The number of carbonyl (C=O) groups excluding carboxylic acids is 1. The van der Waals surface area contributed by atoms with Gasteiger partial charge in [-0.3, -0.25) is 4.79 Å². The predicted octanol–water partition coefficient (Wildman–Crippen LogP) is 3.42. The molecule has 8 heteroatoms. The van der Waals surface area contributed by atoms with Crippen LogP contribution in [0.2, 0.25) is 0 Å². The normalized spacial score (nSPS) is 15.5. The second-order valence-corrected chi connectivity index (χ2v) is 6.88. The number of hydrogen-bond donors (Lipinski definition) is 3. The molecule has 1 atom stereocenters. The maximum atomic E-state index is 13.1. The summed E-state index contributed by atoms with van der Waals surface area (Å²) < 4.78 is 11.1. The summed E-state index contributed by atoms with van der Waals surface area (Å²) in [6, 6.07) is 16.1. The van der Waals surface area contributed by atoms with Gasteiger partial charge in [0, 0.05) is 11.4 Å². The molecule has 0 fully saturated rings. The highest BCUT2D eigenvalue weighted by atomic mass is 32.1. The number of nitrogens with zero attached hydrogens (tertiary/aromatic N) is 1. The highest BCUT2D eigenvalue weighted by molar-refractivity contribution is 7.80. The van der Waals surface area contributed by atoms with E-state index in [-0.39, 0.29) is 12.5 Å². The molecule has 0 radical (unpaired) electrons. The van der Waals surface area contributed by atoms with Crippen molar-refractivity contribution in [2.75, 3.05) is 18.5 Å². The Balaban J connectivity index is 1.96. The summed E-state index contributed by atoms with van der Waals surface area (Å²) in [4.78, 5) is 13.1. The fraction of sp³-hybridized carbons (Fsp3) is 0.227. The highest BCUT2D eigenvalue weighted by Crippen LogP contribution is 2.34. The van der Waals surface area contributed by atoms with E-state index in [4.69, 9.17) is 27.0 Å². The zero-order valence-electron chi connectivity index (χ0n) is 16.7. The summed E-state index contributed by atoms with van der Waals surface area (Å²) in [5.41, 5.74) is 2.66. The van der Waals surface area contributed by atoms with Crippen molar-refractivity contribution in [3.8, 4) is 17.6 Å². The average Bonchev–Trinajstić information content (AvgIpc) is 2.73. The molecule has 2 aromatic carbocycles. The number of hydrogen-bond acceptors (Lipinski definition) is 5. The van der Waals surface area contributed by atoms with Crippen LogP contribution in [0.25, 0.3) is 0 Å². The Hall–Kier alpha value is -3.57. The number of carbonyl (C=O) groups is 1. The first-order valence-corrected chi connectivity index (χ1v) is 9.85. The molecule has 2 aromatic rings. The standard InChI is InChI=1S/C22H22N4O3S/c1-3-28-18-13-15(9-10-17(18)29-12-11-23)20-19(14(2)24-22(30)26-20)21(27)25-16-7-5-4-6-8-16/h4-10,13,20H,3,12H2,1-2H3,(H,25,27)(H2,24,26,30)/t20-/m1/s1. The van der Waals surface area contributed by atoms with Crippen LogP contribution in [-0.2, 0) is 4.79 Å². The van der Waals surface area contributed by atoms with Crippen molar-refractivity contribution in [1.29, 1.82) is 5.26 Å². The van der Waals surface area contributed by atoms with Crippen LogP contribution in [0.5, 0.6) is 11.5 Å². The van der Waals surface area contributed by atoms with Crippen molar-refractivity contribution in [3.05, 3.63) is 65.4 Å². The molecule has 1 amide bonds. The zero-order chi connectivity index (χ0) is 21.5. The lowest BCUT2D eigenvalue weighted by molar-refractivity contribution is -0.113. The molecule has 0 saturated heterocycles. The van der Waals surface area contributed by atoms with Gasteiger partial charge in [0.2, 0.25) is 0 Å². The van der Waals surface area contributed by atoms with E-state index in [1.54, 1.807) is 12.1 Å². The Kier molecular flexibility index (Phi) is 6.88. The number of benzene rings is 2. The van der Waals surface area contributed by atoms with Crippen molar-refractivity contribution in [2.45, 2.75) is 19.9 Å². The number of thiocarbonyl (C=S) groups is 1. The van der Waals surface area contributed by atoms with E-state index >= 15 is 0 Å². The third kappa shape index (κ3) is 4.88. The Bertz CT molecular complexity index is 1010. The number of nitriles is 1. The van der Waals surface area contributed by atoms with Gasteiger partial charge < -0.3 is 25.4 Å². The summed E-state index contributed by atoms with van der Waals surface area (Å²) in [6.45, 7) is 4.02. The Morgan fingerprint density at radius 1 is 1.20 bits per heavy atom. The molecule has 0 saturated carbocycles. The van der Waals surface area contributed by atoms with E-state index in [1.807, 2.05) is 56.3 Å². The van der Waals surface area contributed by atoms with Crippen LogP contribution in [0.3, 0.4) is 0 Å². The summed E-state index contributed by atoms with van der Waals surface area (Å²) in [7, 11) is 0. The quantitative estimate of drug-likeness (QED) is 0.589. The number of allylic oxidation sites excluding steroid dienone is 1. The van der Waals surface area contributed by atoms with E-state index in [1.165, 1.54) is 0 Å². The lowest BCUT2D eigenvalue weighted by Crippen LogP contribution is -2.45. The van der Waals surface area contributed by atoms with Crippen molar-refractivity contribution in [1.82, 2.24) is 10.6 Å². The minimum atomic E-state index is -0.480. The van der Waals surface area contributed by atoms with Gasteiger partial charge in [-0.05, 0) is 55.9 Å². The summed E-state index contributed by atoms with van der Waals surface area (Å²) in [5, 5.41) is 18.3. The van der Waals surface area contributed by atoms with Crippen LogP contribution in [0.15, 0.2) is 59.8 Å². The minimum absolute atomic E-state index is 0.0845. The molecular formula is C22H22N4O3S. The number of amides is 1. The minimum Gasteiger partial charge on any atom is -0.490 e. The predicted molar refractivity (Wildman–Crippen MR) is 118 cm³/mol. The van der Waals surface area contributed by atoms with E-state index in [0.29, 0.717) is 40.2 Å². The molecule has 1 aliphatic rings. The molecule has 3 rings (SSSR count). The van der Waals surface area contributed by atoms with Crippen LogP contribution < -0.4 is 25.4 Å². The second-order valence-electron chi connectivity index (χ2n) is 6.48. The SMILES string of the molecule is CCOc1cc([C@H]2NC(=S)NC(C)=C2C(=O)Nc2ccccc2)ccc1OCC#N. The molecule has 1 aliphatic heterocycles. The lowest BCUT2D eigenvalue weighted by Gasteiger charge is -2.30. The lowest BCUT2D eigenvalue weighted by atomic mass is 9.94. The van der Waals surface area contributed by atoms with Crippen LogP contribution in [0, 0.1) is 11.3 Å². The van der Waals surface area contributed by atoms with Crippen molar-refractivity contribution >= 4 is 28.9 Å². The molecule has 0 spiro atoms. The number of anilines is 1. The summed E-state index contributed by atoms with van der Waals surface area (Å²) in [6.07, 6.45) is 0. The highest BCUT2D eigenvalue weighted by Gasteiger charge is 2.30. The molecular weight excluding hydrogens is 400 g/mol. The van der Waals surface area contributed by atoms with E-state index < -0.39 is 6.04 Å². The number of para-hydroxylation sites is 1. The van der Waals surface area contributed by atoms with Gasteiger partial charge in [-0.25, -0.2) is 0 Å². The van der Waals surface area contributed by atoms with Crippen LogP contribution in [0.4, 0.5) is 5.69 Å². The summed E-state index contributed by atoms with van der Waals surface area (Å²) >= 11 is 5.32. The van der Waals surface area contributed by atoms with Crippen molar-refractivity contribution < 1.29 is 14.3 Å². The smallest absolute Gasteiger partial charge is 0.255 e. The molecule has 0 aliphatic carbocycles. The number of nitrogens with one attached hydrogen (secondary N) is 3. The first-order valence-electron chi connectivity index (χ1n) is 9.44. The van der Waals surface area contributed by atoms with Gasteiger partial charge >= 0.3 is 0 Å². The monoisotopic (exact) mass is 422 g/mol. The third-order valence-electron chi connectivity index (χ3n) is 4.44. The molecule has 0 bridgehead atoms. The Morgan fingerprint density at radius 2 is 1.97 bits per heavy atom. The van der Waals surface area contributed by atoms with Crippen LogP contribution >= 0.6 is 12.2 Å². The van der Waals surface area contributed by atoms with Crippen LogP contribution in [0.1, 0.15) is 25.5 Å². The zero-order valence-corrected chi connectivity index (χ0v) is 17.5. The van der Waals surface area contributed by atoms with Gasteiger partial charge in [0.15, 0.2) is 23.2 Å². The van der Waals surface area contributed by atoms with Gasteiger partial charge in [0.1, 0.15) is 6.07 Å². The maximum Gasteiger partial charge on any atom is 0.255 e. The van der Waals surface area contributed by atoms with Crippen LogP contribution in [-0.4, -0.2) is 24.2 Å². The Labute approximate surface area is 180 Å². The molecule has 7 nitrogen and oxygen atoms in total. The third-order valence-corrected chi connectivity index (χ3v) is 4.66. The van der Waals surface area contributed by atoms with E-state index in [2.05, 4.69) is 16.0 Å². The molecule has 0 unspecified atom stereocenters. The van der Waals surface area contributed by atoms with E-state index in [0.717, 1.165) is 5.56 Å². The first-order chi connectivity index (χ1) is 14.5.